The molecule has 1 aliphatic rings. The third kappa shape index (κ3) is 4.62. The maximum Gasteiger partial charge on any atom is 0.416 e. The fourth-order valence-electron chi connectivity index (χ4n) is 3.76. The Balaban J connectivity index is 1.89. The van der Waals surface area contributed by atoms with Gasteiger partial charge in [0.1, 0.15) is 5.75 Å². The van der Waals surface area contributed by atoms with Crippen molar-refractivity contribution in [2.24, 2.45) is 5.92 Å². The van der Waals surface area contributed by atoms with Gasteiger partial charge in [0.15, 0.2) is 0 Å². The van der Waals surface area contributed by atoms with Crippen LogP contribution in [0.3, 0.4) is 0 Å². The summed E-state index contributed by atoms with van der Waals surface area (Å²) >= 11 is 0. The van der Waals surface area contributed by atoms with E-state index in [1.54, 1.807) is 0 Å². The highest BCUT2D eigenvalue weighted by Gasteiger charge is 2.34. The minimum atomic E-state index is -4.52. The number of halogens is 3. The first-order valence-corrected chi connectivity index (χ1v) is 9.00. The van der Waals surface area contributed by atoms with Crippen LogP contribution in [-0.4, -0.2) is 13.0 Å². The second-order valence-electron chi connectivity index (χ2n) is 6.87. The summed E-state index contributed by atoms with van der Waals surface area (Å²) in [6.45, 7) is 0. The van der Waals surface area contributed by atoms with Crippen LogP contribution in [0, 0.1) is 5.92 Å². The summed E-state index contributed by atoms with van der Waals surface area (Å²) in [6, 6.07) is 12.7. The van der Waals surface area contributed by atoms with E-state index in [4.69, 9.17) is 4.74 Å². The number of amides is 1. The van der Waals surface area contributed by atoms with Crippen LogP contribution in [0.15, 0.2) is 48.5 Å². The van der Waals surface area contributed by atoms with Crippen molar-refractivity contribution in [1.29, 1.82) is 0 Å². The molecule has 3 rings (SSSR count). The average molecular weight is 377 g/mol. The number of alkyl halides is 3. The molecule has 1 unspecified atom stereocenters. The van der Waals surface area contributed by atoms with E-state index in [1.165, 1.54) is 13.2 Å². The number of hydrogen-bond donors (Lipinski definition) is 1. The molecule has 0 spiro atoms. The zero-order chi connectivity index (χ0) is 19.4. The lowest BCUT2D eigenvalue weighted by molar-refractivity contribution is -0.137. The fraction of sp³-hybridized carbons (Fsp3) is 0.381. The Labute approximate surface area is 156 Å². The third-order valence-corrected chi connectivity index (χ3v) is 5.05. The van der Waals surface area contributed by atoms with Gasteiger partial charge in [-0.25, -0.2) is 0 Å². The Kier molecular flexibility index (Phi) is 5.73. The predicted octanol–water partition coefficient (Wildman–Crippen LogP) is 5.63. The number of nitrogens with one attached hydrogen (secondary N) is 1. The molecular weight excluding hydrogens is 355 g/mol. The highest BCUT2D eigenvalue weighted by Crippen LogP contribution is 2.39. The summed E-state index contributed by atoms with van der Waals surface area (Å²) in [4.78, 5) is 13.0. The molecule has 1 saturated carbocycles. The first-order chi connectivity index (χ1) is 12.9. The second kappa shape index (κ2) is 8.03. The van der Waals surface area contributed by atoms with Crippen LogP contribution in [0.1, 0.15) is 42.7 Å². The molecule has 1 aliphatic carbocycles. The van der Waals surface area contributed by atoms with Gasteiger partial charge in [-0.05, 0) is 36.5 Å². The highest BCUT2D eigenvalue weighted by atomic mass is 19.4. The summed E-state index contributed by atoms with van der Waals surface area (Å²) in [5.74, 6) is -0.416. The Bertz CT molecular complexity index is 784. The molecule has 2 aromatic carbocycles. The van der Waals surface area contributed by atoms with Gasteiger partial charge in [-0.2, -0.15) is 13.2 Å². The van der Waals surface area contributed by atoms with Crippen LogP contribution in [0.25, 0.3) is 0 Å². The van der Waals surface area contributed by atoms with E-state index >= 15 is 0 Å². The van der Waals surface area contributed by atoms with E-state index in [2.05, 4.69) is 5.32 Å². The molecule has 0 aliphatic heterocycles. The Morgan fingerprint density at radius 3 is 2.37 bits per heavy atom. The molecule has 1 amide bonds. The largest absolute Gasteiger partial charge is 0.497 e. The van der Waals surface area contributed by atoms with Gasteiger partial charge < -0.3 is 10.1 Å². The number of hydrogen-bond acceptors (Lipinski definition) is 2. The molecule has 6 heteroatoms. The first-order valence-electron chi connectivity index (χ1n) is 9.00. The van der Waals surface area contributed by atoms with Crippen molar-refractivity contribution in [3.63, 3.8) is 0 Å². The molecule has 3 nitrogen and oxygen atoms in total. The van der Waals surface area contributed by atoms with E-state index in [0.29, 0.717) is 0 Å². The van der Waals surface area contributed by atoms with Crippen molar-refractivity contribution in [2.45, 2.75) is 37.8 Å². The highest BCUT2D eigenvalue weighted by molar-refractivity contribution is 5.96. The van der Waals surface area contributed by atoms with E-state index < -0.39 is 11.7 Å². The van der Waals surface area contributed by atoms with Gasteiger partial charge in [0.05, 0.1) is 18.6 Å². The Morgan fingerprint density at radius 1 is 1.11 bits per heavy atom. The lowest BCUT2D eigenvalue weighted by Gasteiger charge is -2.23. The van der Waals surface area contributed by atoms with Gasteiger partial charge in [-0.3, -0.25) is 4.79 Å². The van der Waals surface area contributed by atoms with Crippen molar-refractivity contribution >= 4 is 11.6 Å². The number of carbonyl (C=O) groups is 1. The second-order valence-corrected chi connectivity index (χ2v) is 6.87. The molecule has 0 bridgehead atoms. The Hall–Kier alpha value is -2.50. The summed E-state index contributed by atoms with van der Waals surface area (Å²) < 4.78 is 44.3. The number of anilines is 1. The van der Waals surface area contributed by atoms with Gasteiger partial charge in [0.25, 0.3) is 0 Å². The maximum atomic E-state index is 13.1. The predicted molar refractivity (Wildman–Crippen MR) is 97.8 cm³/mol. The van der Waals surface area contributed by atoms with E-state index in [1.807, 2.05) is 30.3 Å². The van der Waals surface area contributed by atoms with Crippen molar-refractivity contribution in [2.75, 3.05) is 12.4 Å². The van der Waals surface area contributed by atoms with E-state index in [-0.39, 0.29) is 29.2 Å². The minimum absolute atomic E-state index is 0.0530. The molecular formula is C21H22F3NO2. The zero-order valence-corrected chi connectivity index (χ0v) is 15.1. The first kappa shape index (κ1) is 19.3. The van der Waals surface area contributed by atoms with Crippen LogP contribution in [0.2, 0.25) is 0 Å². The third-order valence-electron chi connectivity index (χ3n) is 5.05. The summed E-state index contributed by atoms with van der Waals surface area (Å²) in [5, 5.41) is 2.69. The lowest BCUT2D eigenvalue weighted by Crippen LogP contribution is -2.26. The Morgan fingerprint density at radius 2 is 1.78 bits per heavy atom. The van der Waals surface area contributed by atoms with Gasteiger partial charge in [-0.1, -0.05) is 43.2 Å². The molecule has 2 aromatic rings. The lowest BCUT2D eigenvalue weighted by atomic mass is 9.84. The molecule has 0 saturated heterocycles. The number of carbonyl (C=O) groups excluding carboxylic acids is 1. The molecule has 144 valence electrons. The van der Waals surface area contributed by atoms with Gasteiger partial charge in [0, 0.05) is 11.8 Å². The molecule has 1 atom stereocenters. The smallest absolute Gasteiger partial charge is 0.416 e. The summed E-state index contributed by atoms with van der Waals surface area (Å²) in [6.07, 6.45) is -0.493. The maximum absolute atomic E-state index is 13.1. The number of rotatable bonds is 5. The van der Waals surface area contributed by atoms with Gasteiger partial charge in [-0.15, -0.1) is 0 Å². The molecule has 1 N–H and O–H groups in total. The fourth-order valence-corrected chi connectivity index (χ4v) is 3.76. The van der Waals surface area contributed by atoms with Crippen molar-refractivity contribution < 1.29 is 22.7 Å². The zero-order valence-electron chi connectivity index (χ0n) is 15.1. The van der Waals surface area contributed by atoms with Crippen molar-refractivity contribution in [1.82, 2.24) is 0 Å². The van der Waals surface area contributed by atoms with Crippen LogP contribution in [0.5, 0.6) is 5.75 Å². The van der Waals surface area contributed by atoms with Crippen LogP contribution < -0.4 is 10.1 Å². The van der Waals surface area contributed by atoms with Crippen LogP contribution >= 0.6 is 0 Å². The molecule has 0 heterocycles. The quantitative estimate of drug-likeness (QED) is 0.734. The molecule has 0 radical (unpaired) electrons. The number of ether oxygens (including phenoxy) is 1. The normalized spacial score (nSPS) is 16.1. The van der Waals surface area contributed by atoms with Crippen LogP contribution in [-0.2, 0) is 11.0 Å². The number of benzene rings is 2. The molecule has 27 heavy (non-hydrogen) atoms. The minimum Gasteiger partial charge on any atom is -0.497 e. The SMILES string of the molecule is COc1cc(NC(=O)C(c2ccccc2)C2CCCC2)cc(C(F)(F)F)c1. The van der Waals surface area contributed by atoms with Crippen LogP contribution in [0.4, 0.5) is 18.9 Å². The van der Waals surface area contributed by atoms with Crippen molar-refractivity contribution in [3.05, 3.63) is 59.7 Å². The molecule has 1 fully saturated rings. The van der Waals surface area contributed by atoms with Crippen molar-refractivity contribution in [3.8, 4) is 5.75 Å². The monoisotopic (exact) mass is 377 g/mol. The average Bonchev–Trinajstić information content (AvgIpc) is 3.16. The summed E-state index contributed by atoms with van der Waals surface area (Å²) in [5.41, 5.74) is 0.126. The van der Waals surface area contributed by atoms with E-state index in [9.17, 15) is 18.0 Å². The number of methoxy groups -OCH3 is 1. The standard InChI is InChI=1S/C21H22F3NO2/c1-27-18-12-16(21(22,23)24)11-17(13-18)25-20(26)19(15-9-5-6-10-15)14-7-3-2-4-8-14/h2-4,7-8,11-13,15,19H,5-6,9-10H2,1H3,(H,25,26). The van der Waals surface area contributed by atoms with Gasteiger partial charge in [0.2, 0.25) is 5.91 Å². The van der Waals surface area contributed by atoms with E-state index in [0.717, 1.165) is 43.4 Å². The summed E-state index contributed by atoms with van der Waals surface area (Å²) in [7, 11) is 1.30. The molecule has 0 aromatic heterocycles. The topological polar surface area (TPSA) is 38.3 Å². The van der Waals surface area contributed by atoms with Gasteiger partial charge >= 0.3 is 6.18 Å².